The van der Waals surface area contributed by atoms with Gasteiger partial charge in [-0.3, -0.25) is 9.59 Å². The van der Waals surface area contributed by atoms with E-state index < -0.39 is 0 Å². The molecule has 1 unspecified atom stereocenters. The van der Waals surface area contributed by atoms with Crippen LogP contribution in [0.5, 0.6) is 0 Å². The summed E-state index contributed by atoms with van der Waals surface area (Å²) in [7, 11) is 0. The molecule has 1 rings (SSSR count). The Morgan fingerprint density at radius 2 is 2.15 bits per heavy atom. The van der Waals surface area contributed by atoms with E-state index in [2.05, 4.69) is 5.32 Å². The number of carbonyl (C=O) groups is 2. The van der Waals surface area contributed by atoms with Crippen LogP contribution in [0.25, 0.3) is 0 Å². The Hall–Kier alpha value is -1.06. The van der Waals surface area contributed by atoms with Crippen LogP contribution < -0.4 is 5.32 Å². The molecule has 1 fully saturated rings. The highest BCUT2D eigenvalue weighted by molar-refractivity contribution is 5.94. The van der Waals surface area contributed by atoms with Crippen LogP contribution in [0.3, 0.4) is 0 Å². The highest BCUT2D eigenvalue weighted by atomic mass is 16.2. The van der Waals surface area contributed by atoms with Crippen molar-refractivity contribution in [2.24, 2.45) is 0 Å². The van der Waals surface area contributed by atoms with E-state index in [0.29, 0.717) is 6.54 Å². The first kappa shape index (κ1) is 10.0. The number of nitrogens with one attached hydrogen (secondary N) is 1. The largest absolute Gasteiger partial charge is 0.343 e. The summed E-state index contributed by atoms with van der Waals surface area (Å²) in [6.07, 6.45) is 1.65. The zero-order chi connectivity index (χ0) is 9.84. The van der Waals surface area contributed by atoms with Gasteiger partial charge in [-0.05, 0) is 13.3 Å². The Kier molecular flexibility index (Phi) is 3.28. The number of piperazine rings is 1. The third-order valence-corrected chi connectivity index (χ3v) is 2.24. The maximum absolute atomic E-state index is 11.6. The lowest BCUT2D eigenvalue weighted by Gasteiger charge is -2.31. The van der Waals surface area contributed by atoms with Crippen LogP contribution in [0.4, 0.5) is 0 Å². The van der Waals surface area contributed by atoms with Crippen LogP contribution in [0.15, 0.2) is 0 Å². The molecule has 74 valence electrons. The van der Waals surface area contributed by atoms with E-state index in [1.54, 1.807) is 4.90 Å². The molecule has 0 aromatic carbocycles. The van der Waals surface area contributed by atoms with Crippen LogP contribution in [-0.2, 0) is 9.59 Å². The molecule has 1 aliphatic heterocycles. The quantitative estimate of drug-likeness (QED) is 0.678. The van der Waals surface area contributed by atoms with Crippen LogP contribution in [0.1, 0.15) is 26.7 Å². The number of likely N-dealkylation sites (N-methyl/N-ethyl adjacent to an activating group) is 1. The van der Waals surface area contributed by atoms with Gasteiger partial charge in [0.15, 0.2) is 0 Å². The van der Waals surface area contributed by atoms with Gasteiger partial charge in [-0.2, -0.15) is 0 Å². The van der Waals surface area contributed by atoms with Crippen molar-refractivity contribution in [1.82, 2.24) is 10.2 Å². The van der Waals surface area contributed by atoms with E-state index in [9.17, 15) is 9.59 Å². The van der Waals surface area contributed by atoms with Crippen molar-refractivity contribution in [3.05, 3.63) is 0 Å². The molecular formula is C9H16N2O2. The Bertz CT molecular complexity index is 216. The second-order valence-corrected chi connectivity index (χ2v) is 3.26. The molecule has 1 atom stereocenters. The van der Waals surface area contributed by atoms with Gasteiger partial charge in [0.25, 0.3) is 0 Å². The second kappa shape index (κ2) is 4.25. The maximum atomic E-state index is 11.6. The van der Waals surface area contributed by atoms with Gasteiger partial charge < -0.3 is 10.2 Å². The molecule has 0 saturated carbocycles. The number of amides is 2. The fraction of sp³-hybridized carbons (Fsp3) is 0.778. The predicted molar refractivity (Wildman–Crippen MR) is 49.1 cm³/mol. The van der Waals surface area contributed by atoms with Gasteiger partial charge in [-0.15, -0.1) is 0 Å². The SMILES string of the molecule is CCCC1NC(=O)CN(CC)C1=O. The number of carbonyl (C=O) groups excluding carboxylic acids is 2. The highest BCUT2D eigenvalue weighted by Gasteiger charge is 2.30. The van der Waals surface area contributed by atoms with Crippen LogP contribution in [0, 0.1) is 0 Å². The molecule has 1 heterocycles. The minimum atomic E-state index is -0.286. The fourth-order valence-corrected chi connectivity index (χ4v) is 1.53. The summed E-state index contributed by atoms with van der Waals surface area (Å²) in [4.78, 5) is 24.4. The van der Waals surface area contributed by atoms with Crippen molar-refractivity contribution in [3.8, 4) is 0 Å². The van der Waals surface area contributed by atoms with Gasteiger partial charge in [0.1, 0.15) is 6.04 Å². The third-order valence-electron chi connectivity index (χ3n) is 2.24. The third kappa shape index (κ3) is 2.20. The summed E-state index contributed by atoms with van der Waals surface area (Å²) in [5.41, 5.74) is 0. The van der Waals surface area contributed by atoms with Crippen molar-refractivity contribution >= 4 is 11.8 Å². The molecule has 1 N–H and O–H groups in total. The Labute approximate surface area is 78.3 Å². The van der Waals surface area contributed by atoms with Crippen LogP contribution in [0.2, 0.25) is 0 Å². The first-order valence-electron chi connectivity index (χ1n) is 4.77. The molecule has 0 aromatic rings. The van der Waals surface area contributed by atoms with Crippen molar-refractivity contribution in [3.63, 3.8) is 0 Å². The predicted octanol–water partition coefficient (Wildman–Crippen LogP) is 0.133. The van der Waals surface area contributed by atoms with Crippen LogP contribution >= 0.6 is 0 Å². The van der Waals surface area contributed by atoms with Gasteiger partial charge in [-0.25, -0.2) is 0 Å². The molecule has 4 nitrogen and oxygen atoms in total. The highest BCUT2D eigenvalue weighted by Crippen LogP contribution is 2.06. The molecule has 0 aromatic heterocycles. The minimum Gasteiger partial charge on any atom is -0.343 e. The van der Waals surface area contributed by atoms with E-state index in [4.69, 9.17) is 0 Å². The molecule has 4 heteroatoms. The molecule has 0 bridgehead atoms. The van der Waals surface area contributed by atoms with Crippen molar-refractivity contribution < 1.29 is 9.59 Å². The molecule has 1 saturated heterocycles. The Morgan fingerprint density at radius 3 is 2.69 bits per heavy atom. The summed E-state index contributed by atoms with van der Waals surface area (Å²) in [6, 6.07) is -0.286. The number of hydrogen-bond donors (Lipinski definition) is 1. The van der Waals surface area contributed by atoms with Gasteiger partial charge in [0.05, 0.1) is 6.54 Å². The average molecular weight is 184 g/mol. The van der Waals surface area contributed by atoms with Crippen molar-refractivity contribution in [1.29, 1.82) is 0 Å². The number of nitrogens with zero attached hydrogens (tertiary/aromatic N) is 1. The Balaban J connectivity index is 2.63. The van der Waals surface area contributed by atoms with E-state index in [1.807, 2.05) is 13.8 Å². The fourth-order valence-electron chi connectivity index (χ4n) is 1.53. The van der Waals surface area contributed by atoms with Gasteiger partial charge in [0.2, 0.25) is 11.8 Å². The van der Waals surface area contributed by atoms with Gasteiger partial charge in [0, 0.05) is 6.54 Å². The molecule has 0 aliphatic carbocycles. The zero-order valence-corrected chi connectivity index (χ0v) is 8.17. The summed E-state index contributed by atoms with van der Waals surface area (Å²) in [6.45, 7) is 4.73. The monoisotopic (exact) mass is 184 g/mol. The minimum absolute atomic E-state index is 0.0418. The lowest BCUT2D eigenvalue weighted by molar-refractivity contribution is -0.144. The van der Waals surface area contributed by atoms with Gasteiger partial charge in [-0.1, -0.05) is 13.3 Å². The smallest absolute Gasteiger partial charge is 0.245 e. The standard InChI is InChI=1S/C9H16N2O2/c1-3-5-7-9(13)11(4-2)6-8(12)10-7/h7H,3-6H2,1-2H3,(H,10,12). The summed E-state index contributed by atoms with van der Waals surface area (Å²) in [5, 5.41) is 2.70. The van der Waals surface area contributed by atoms with Crippen LogP contribution in [-0.4, -0.2) is 35.8 Å². The lowest BCUT2D eigenvalue weighted by atomic mass is 10.1. The molecule has 0 radical (unpaired) electrons. The van der Waals surface area contributed by atoms with Crippen molar-refractivity contribution in [2.75, 3.05) is 13.1 Å². The molecular weight excluding hydrogens is 168 g/mol. The molecule has 1 aliphatic rings. The summed E-state index contributed by atoms with van der Waals surface area (Å²) >= 11 is 0. The normalized spacial score (nSPS) is 23.2. The van der Waals surface area contributed by atoms with E-state index in [-0.39, 0.29) is 24.4 Å². The van der Waals surface area contributed by atoms with Gasteiger partial charge >= 0.3 is 0 Å². The summed E-state index contributed by atoms with van der Waals surface area (Å²) < 4.78 is 0. The number of rotatable bonds is 3. The first-order valence-corrected chi connectivity index (χ1v) is 4.77. The molecule has 2 amide bonds. The lowest BCUT2D eigenvalue weighted by Crippen LogP contribution is -2.57. The topological polar surface area (TPSA) is 49.4 Å². The summed E-state index contributed by atoms with van der Waals surface area (Å²) in [5.74, 6) is 0.0175. The Morgan fingerprint density at radius 1 is 1.46 bits per heavy atom. The van der Waals surface area contributed by atoms with E-state index in [0.717, 1.165) is 12.8 Å². The maximum Gasteiger partial charge on any atom is 0.245 e. The van der Waals surface area contributed by atoms with E-state index >= 15 is 0 Å². The number of hydrogen-bond acceptors (Lipinski definition) is 2. The first-order chi connectivity index (χ1) is 6.19. The second-order valence-electron chi connectivity index (χ2n) is 3.26. The van der Waals surface area contributed by atoms with Crippen molar-refractivity contribution in [2.45, 2.75) is 32.7 Å². The van der Waals surface area contributed by atoms with E-state index in [1.165, 1.54) is 0 Å². The molecule has 13 heavy (non-hydrogen) atoms. The zero-order valence-electron chi connectivity index (χ0n) is 8.17. The molecule has 0 spiro atoms. The average Bonchev–Trinajstić information content (AvgIpc) is 2.11.